The van der Waals surface area contributed by atoms with Crippen molar-refractivity contribution in [3.8, 4) is 0 Å². The van der Waals surface area contributed by atoms with Crippen LogP contribution in [0.15, 0.2) is 0 Å². The fourth-order valence-corrected chi connectivity index (χ4v) is 2.54. The first kappa shape index (κ1) is 14.6. The Morgan fingerprint density at radius 3 is 2.88 bits per heavy atom. The van der Waals surface area contributed by atoms with Gasteiger partial charge in [-0.25, -0.2) is 0 Å². The lowest BCUT2D eigenvalue weighted by Gasteiger charge is -2.33. The number of nitrogens with zero attached hydrogens (tertiary/aromatic N) is 1. The van der Waals surface area contributed by atoms with E-state index in [9.17, 15) is 9.00 Å². The Morgan fingerprint density at radius 1 is 1.59 bits per heavy atom. The zero-order chi connectivity index (χ0) is 12.8. The highest BCUT2D eigenvalue weighted by Gasteiger charge is 2.27. The number of amides is 1. The Hall–Kier alpha value is -0.420. The molecule has 1 aliphatic rings. The van der Waals surface area contributed by atoms with Gasteiger partial charge in [-0.3, -0.25) is 9.00 Å². The highest BCUT2D eigenvalue weighted by atomic mass is 32.2. The van der Waals surface area contributed by atoms with Gasteiger partial charge < -0.3 is 10.2 Å². The first-order valence-corrected chi connectivity index (χ1v) is 8.02. The van der Waals surface area contributed by atoms with E-state index in [2.05, 4.69) is 5.32 Å². The maximum Gasteiger partial charge on any atom is 0.239 e. The molecule has 1 amide bonds. The molecule has 1 N–H and O–H groups in total. The second-order valence-corrected chi connectivity index (χ2v) is 6.48. The van der Waals surface area contributed by atoms with Gasteiger partial charge in [0.1, 0.15) is 0 Å². The lowest BCUT2D eigenvalue weighted by molar-refractivity contribution is -0.135. The monoisotopic (exact) mass is 260 g/mol. The summed E-state index contributed by atoms with van der Waals surface area (Å²) in [6, 6.07) is -0.00354. The molecule has 1 fully saturated rings. The highest BCUT2D eigenvalue weighted by Crippen LogP contribution is 2.13. The van der Waals surface area contributed by atoms with Gasteiger partial charge in [0, 0.05) is 35.4 Å². The molecule has 0 spiro atoms. The molecule has 5 heteroatoms. The second kappa shape index (κ2) is 7.11. The van der Waals surface area contributed by atoms with E-state index in [1.807, 2.05) is 18.7 Å². The third-order valence-electron chi connectivity index (χ3n) is 3.35. The van der Waals surface area contributed by atoms with Gasteiger partial charge in [-0.2, -0.15) is 0 Å². The Labute approximate surface area is 107 Å². The number of carbonyl (C=O) groups is 1. The van der Waals surface area contributed by atoms with Crippen molar-refractivity contribution in [2.75, 3.05) is 25.9 Å². The van der Waals surface area contributed by atoms with E-state index in [1.165, 1.54) is 0 Å². The molecule has 0 aromatic carbocycles. The molecule has 1 aliphatic heterocycles. The molecule has 1 rings (SSSR count). The molecule has 0 radical (unpaired) electrons. The standard InChI is InChI=1S/C12H24N2O2S/c1-4-13-11-6-5-8-14(12(11)15)9-7-10(2)17(3)16/h10-11,13H,4-9H2,1-3H3. The number of rotatable bonds is 6. The molecule has 1 heterocycles. The minimum absolute atomic E-state index is 0.00354. The van der Waals surface area contributed by atoms with Crippen molar-refractivity contribution in [3.05, 3.63) is 0 Å². The van der Waals surface area contributed by atoms with Crippen molar-refractivity contribution in [2.45, 2.75) is 44.4 Å². The van der Waals surface area contributed by atoms with Crippen LogP contribution in [0.4, 0.5) is 0 Å². The van der Waals surface area contributed by atoms with E-state index in [-0.39, 0.29) is 17.2 Å². The predicted octanol–water partition coefficient (Wildman–Crippen LogP) is 0.744. The van der Waals surface area contributed by atoms with Crippen LogP contribution in [0.2, 0.25) is 0 Å². The number of likely N-dealkylation sites (N-methyl/N-ethyl adjacent to an activating group) is 1. The van der Waals surface area contributed by atoms with Gasteiger partial charge in [-0.05, 0) is 25.8 Å². The molecular weight excluding hydrogens is 236 g/mol. The largest absolute Gasteiger partial charge is 0.341 e. The van der Waals surface area contributed by atoms with Gasteiger partial charge in [0.05, 0.1) is 6.04 Å². The van der Waals surface area contributed by atoms with E-state index >= 15 is 0 Å². The van der Waals surface area contributed by atoms with Crippen LogP contribution in [0.5, 0.6) is 0 Å². The van der Waals surface area contributed by atoms with E-state index < -0.39 is 10.8 Å². The summed E-state index contributed by atoms with van der Waals surface area (Å²) < 4.78 is 11.3. The first-order valence-electron chi connectivity index (χ1n) is 6.40. The summed E-state index contributed by atoms with van der Waals surface area (Å²) in [5.74, 6) is 0.215. The maximum atomic E-state index is 12.1. The average Bonchev–Trinajstić information content (AvgIpc) is 2.30. The smallest absolute Gasteiger partial charge is 0.239 e. The van der Waals surface area contributed by atoms with E-state index in [4.69, 9.17) is 0 Å². The average molecular weight is 260 g/mol. The quantitative estimate of drug-likeness (QED) is 0.766. The summed E-state index contributed by atoms with van der Waals surface area (Å²) in [6.45, 7) is 6.42. The minimum atomic E-state index is -0.792. The lowest BCUT2D eigenvalue weighted by atomic mass is 10.0. The van der Waals surface area contributed by atoms with Crippen LogP contribution in [0, 0.1) is 0 Å². The van der Waals surface area contributed by atoms with E-state index in [0.29, 0.717) is 0 Å². The zero-order valence-corrected chi connectivity index (χ0v) is 11.9. The minimum Gasteiger partial charge on any atom is -0.341 e. The van der Waals surface area contributed by atoms with Crippen LogP contribution < -0.4 is 5.32 Å². The molecule has 0 bridgehead atoms. The maximum absolute atomic E-state index is 12.1. The van der Waals surface area contributed by atoms with E-state index in [0.717, 1.165) is 38.9 Å². The summed E-state index contributed by atoms with van der Waals surface area (Å²) in [7, 11) is -0.792. The Morgan fingerprint density at radius 2 is 2.29 bits per heavy atom. The van der Waals surface area contributed by atoms with Crippen molar-refractivity contribution in [3.63, 3.8) is 0 Å². The number of hydrogen-bond donors (Lipinski definition) is 1. The molecule has 3 atom stereocenters. The van der Waals surface area contributed by atoms with Gasteiger partial charge in [0.15, 0.2) is 0 Å². The van der Waals surface area contributed by atoms with Crippen molar-refractivity contribution >= 4 is 16.7 Å². The Kier molecular flexibility index (Phi) is 6.12. The molecule has 0 aromatic heterocycles. The Bertz CT molecular complexity index is 282. The van der Waals surface area contributed by atoms with Crippen molar-refractivity contribution in [1.29, 1.82) is 0 Å². The summed E-state index contributed by atoms with van der Waals surface area (Å²) in [4.78, 5) is 14.0. The van der Waals surface area contributed by atoms with Crippen LogP contribution in [0.25, 0.3) is 0 Å². The second-order valence-electron chi connectivity index (χ2n) is 4.68. The molecular formula is C12H24N2O2S. The number of carbonyl (C=O) groups excluding carboxylic acids is 1. The van der Waals surface area contributed by atoms with E-state index in [1.54, 1.807) is 6.26 Å². The molecule has 100 valence electrons. The van der Waals surface area contributed by atoms with Crippen molar-refractivity contribution in [1.82, 2.24) is 10.2 Å². The molecule has 17 heavy (non-hydrogen) atoms. The summed E-state index contributed by atoms with van der Waals surface area (Å²) in [6.07, 6.45) is 4.56. The number of likely N-dealkylation sites (tertiary alicyclic amines) is 1. The van der Waals surface area contributed by atoms with Gasteiger partial charge >= 0.3 is 0 Å². The fraction of sp³-hybridized carbons (Fsp3) is 0.917. The van der Waals surface area contributed by atoms with Gasteiger partial charge in [-0.1, -0.05) is 13.8 Å². The third-order valence-corrected chi connectivity index (χ3v) is 4.72. The third kappa shape index (κ3) is 4.39. The SMILES string of the molecule is CCNC1CCCN(CCC(C)S(C)=O)C1=O. The molecule has 1 saturated heterocycles. The summed E-state index contributed by atoms with van der Waals surface area (Å²) in [5.41, 5.74) is 0. The van der Waals surface area contributed by atoms with Gasteiger partial charge in [0.25, 0.3) is 0 Å². The topological polar surface area (TPSA) is 49.4 Å². The number of piperidine rings is 1. The van der Waals surface area contributed by atoms with Crippen LogP contribution in [0.1, 0.15) is 33.1 Å². The lowest BCUT2D eigenvalue weighted by Crippen LogP contribution is -2.51. The van der Waals surface area contributed by atoms with Gasteiger partial charge in [0.2, 0.25) is 5.91 Å². The number of nitrogens with one attached hydrogen (secondary N) is 1. The van der Waals surface area contributed by atoms with Crippen LogP contribution in [0.3, 0.4) is 0 Å². The molecule has 0 aliphatic carbocycles. The van der Waals surface area contributed by atoms with Crippen LogP contribution in [-0.4, -0.2) is 52.2 Å². The summed E-state index contributed by atoms with van der Waals surface area (Å²) >= 11 is 0. The molecule has 3 unspecified atom stereocenters. The zero-order valence-electron chi connectivity index (χ0n) is 11.1. The van der Waals surface area contributed by atoms with Crippen molar-refractivity contribution in [2.24, 2.45) is 0 Å². The van der Waals surface area contributed by atoms with Crippen LogP contribution in [-0.2, 0) is 15.6 Å². The summed E-state index contributed by atoms with van der Waals surface area (Å²) in [5, 5.41) is 3.39. The van der Waals surface area contributed by atoms with Gasteiger partial charge in [-0.15, -0.1) is 0 Å². The van der Waals surface area contributed by atoms with Crippen LogP contribution >= 0.6 is 0 Å². The fourth-order valence-electron chi connectivity index (χ4n) is 2.10. The normalized spacial score (nSPS) is 24.8. The highest BCUT2D eigenvalue weighted by molar-refractivity contribution is 7.84. The first-order chi connectivity index (χ1) is 8.06. The molecule has 0 saturated carbocycles. The number of hydrogen-bond acceptors (Lipinski definition) is 3. The molecule has 4 nitrogen and oxygen atoms in total. The Balaban J connectivity index is 2.42. The van der Waals surface area contributed by atoms with Crippen molar-refractivity contribution < 1.29 is 9.00 Å². The molecule has 0 aromatic rings. The predicted molar refractivity (Wildman–Crippen MR) is 71.4 cm³/mol.